The fourth-order valence-corrected chi connectivity index (χ4v) is 5.46. The van der Waals surface area contributed by atoms with Crippen LogP contribution >= 0.6 is 0 Å². The topological polar surface area (TPSA) is 75.2 Å². The monoisotopic (exact) mass is 430 g/mol. The van der Waals surface area contributed by atoms with E-state index in [4.69, 9.17) is 4.98 Å². The highest BCUT2D eigenvalue weighted by Crippen LogP contribution is 2.28. The fraction of sp³-hybridized carbons (Fsp3) is 0.167. The van der Waals surface area contributed by atoms with Crippen molar-refractivity contribution in [3.8, 4) is 11.3 Å². The summed E-state index contributed by atoms with van der Waals surface area (Å²) in [6.07, 6.45) is 0.665. The molecule has 1 N–H and O–H groups in total. The van der Waals surface area contributed by atoms with Crippen LogP contribution in [0.2, 0.25) is 0 Å². The van der Waals surface area contributed by atoms with Crippen LogP contribution in [0.1, 0.15) is 12.0 Å². The summed E-state index contributed by atoms with van der Waals surface area (Å²) < 4.78 is 26.0. The number of aromatic nitrogens is 2. The number of nitrogens with zero attached hydrogens (tertiary/aromatic N) is 3. The van der Waals surface area contributed by atoms with E-state index in [9.17, 15) is 8.42 Å². The normalized spacial score (nSPS) is 15.3. The lowest BCUT2D eigenvalue weighted by Crippen LogP contribution is -2.25. The molecule has 0 atom stereocenters. The number of hydrogen-bond donors (Lipinski definition) is 1. The Labute approximate surface area is 181 Å². The van der Waals surface area contributed by atoms with E-state index in [2.05, 4.69) is 10.3 Å². The van der Waals surface area contributed by atoms with Crippen molar-refractivity contribution < 1.29 is 8.42 Å². The molecule has 0 saturated carbocycles. The number of fused-ring (bicyclic) bond motifs is 1. The molecule has 1 aliphatic rings. The number of rotatable bonds is 5. The van der Waals surface area contributed by atoms with E-state index in [1.807, 2.05) is 78.9 Å². The summed E-state index contributed by atoms with van der Waals surface area (Å²) in [5.74, 6) is 0.750. The smallest absolute Gasteiger partial charge is 0.235 e. The first-order valence-corrected chi connectivity index (χ1v) is 11.9. The van der Waals surface area contributed by atoms with E-state index < -0.39 is 10.0 Å². The molecule has 0 radical (unpaired) electrons. The number of hydrogen-bond acceptors (Lipinski definition) is 5. The molecule has 156 valence electrons. The van der Waals surface area contributed by atoms with Gasteiger partial charge in [-0.05, 0) is 30.2 Å². The Balaban J connectivity index is 1.44. The highest BCUT2D eigenvalue weighted by Gasteiger charge is 2.28. The molecule has 5 rings (SSSR count). The molecular weight excluding hydrogens is 408 g/mol. The summed E-state index contributed by atoms with van der Waals surface area (Å²) in [6, 6.07) is 25.6. The Kier molecular flexibility index (Phi) is 5.03. The van der Waals surface area contributed by atoms with Crippen molar-refractivity contribution in [3.63, 3.8) is 0 Å². The van der Waals surface area contributed by atoms with Gasteiger partial charge in [0.05, 0.1) is 22.7 Å². The van der Waals surface area contributed by atoms with Gasteiger partial charge in [0, 0.05) is 24.0 Å². The summed E-state index contributed by atoms with van der Waals surface area (Å²) in [5, 5.41) is 4.31. The molecule has 31 heavy (non-hydrogen) atoms. The lowest BCUT2D eigenvalue weighted by Gasteiger charge is -2.18. The van der Waals surface area contributed by atoms with Gasteiger partial charge in [-0.2, -0.15) is 0 Å². The minimum Gasteiger partial charge on any atom is -0.350 e. The van der Waals surface area contributed by atoms with Gasteiger partial charge in [-0.1, -0.05) is 60.7 Å². The van der Waals surface area contributed by atoms with Gasteiger partial charge in [-0.25, -0.2) is 18.4 Å². The SMILES string of the molecule is O=S1(=O)CCCN1c1cccc(CNc2nc(-c3ccccc3)c3ccccc3n2)c1. The molecule has 1 saturated heterocycles. The third kappa shape index (κ3) is 3.96. The molecule has 2 heterocycles. The maximum Gasteiger partial charge on any atom is 0.235 e. The first kappa shape index (κ1) is 19.5. The predicted molar refractivity (Wildman–Crippen MR) is 124 cm³/mol. The van der Waals surface area contributed by atoms with E-state index in [0.717, 1.165) is 27.7 Å². The minimum absolute atomic E-state index is 0.211. The summed E-state index contributed by atoms with van der Waals surface area (Å²) >= 11 is 0. The maximum atomic E-state index is 12.2. The second-order valence-electron chi connectivity index (χ2n) is 7.54. The van der Waals surface area contributed by atoms with Crippen molar-refractivity contribution in [2.45, 2.75) is 13.0 Å². The Morgan fingerprint density at radius 2 is 1.71 bits per heavy atom. The molecule has 4 aromatic rings. The molecule has 0 aliphatic carbocycles. The fourth-order valence-electron chi connectivity index (χ4n) is 3.90. The van der Waals surface area contributed by atoms with Crippen LogP contribution in [0.4, 0.5) is 11.6 Å². The number of sulfonamides is 1. The number of benzene rings is 3. The summed E-state index contributed by atoms with van der Waals surface area (Å²) in [5.41, 5.74) is 4.46. The van der Waals surface area contributed by atoms with Crippen molar-refractivity contribution in [3.05, 3.63) is 84.4 Å². The van der Waals surface area contributed by atoms with Gasteiger partial charge >= 0.3 is 0 Å². The Hall–Kier alpha value is -3.45. The molecule has 0 unspecified atom stereocenters. The van der Waals surface area contributed by atoms with E-state index in [1.54, 1.807) is 0 Å². The average Bonchev–Trinajstić information content (AvgIpc) is 3.17. The lowest BCUT2D eigenvalue weighted by atomic mass is 10.1. The Morgan fingerprint density at radius 1 is 0.903 bits per heavy atom. The molecule has 0 spiro atoms. The zero-order valence-electron chi connectivity index (χ0n) is 16.9. The number of nitrogens with one attached hydrogen (secondary N) is 1. The van der Waals surface area contributed by atoms with Crippen molar-refractivity contribution in [2.75, 3.05) is 21.9 Å². The average molecular weight is 431 g/mol. The predicted octanol–water partition coefficient (Wildman–Crippen LogP) is 4.45. The summed E-state index contributed by atoms with van der Waals surface area (Å²) in [4.78, 5) is 9.45. The van der Waals surface area contributed by atoms with Crippen LogP contribution in [-0.4, -0.2) is 30.7 Å². The lowest BCUT2D eigenvalue weighted by molar-refractivity contribution is 0.599. The van der Waals surface area contributed by atoms with Crippen LogP contribution in [-0.2, 0) is 16.6 Å². The third-order valence-electron chi connectivity index (χ3n) is 5.40. The minimum atomic E-state index is -3.20. The molecule has 3 aromatic carbocycles. The number of anilines is 2. The molecule has 6 nitrogen and oxygen atoms in total. The van der Waals surface area contributed by atoms with Gasteiger partial charge in [0.15, 0.2) is 0 Å². The van der Waals surface area contributed by atoms with Crippen LogP contribution < -0.4 is 9.62 Å². The largest absolute Gasteiger partial charge is 0.350 e. The first-order valence-electron chi connectivity index (χ1n) is 10.3. The molecular formula is C24H22N4O2S. The number of para-hydroxylation sites is 1. The summed E-state index contributed by atoms with van der Waals surface area (Å²) in [6.45, 7) is 1.03. The molecule has 1 aromatic heterocycles. The zero-order valence-corrected chi connectivity index (χ0v) is 17.7. The highest BCUT2D eigenvalue weighted by molar-refractivity contribution is 7.93. The molecule has 7 heteroatoms. The van der Waals surface area contributed by atoms with Crippen LogP contribution in [0.15, 0.2) is 78.9 Å². The molecule has 0 bridgehead atoms. The van der Waals surface area contributed by atoms with Gasteiger partial charge in [0.1, 0.15) is 0 Å². The summed E-state index contributed by atoms with van der Waals surface area (Å²) in [7, 11) is -3.20. The van der Waals surface area contributed by atoms with Crippen molar-refractivity contribution in [2.24, 2.45) is 0 Å². The van der Waals surface area contributed by atoms with Crippen molar-refractivity contribution in [1.82, 2.24) is 9.97 Å². The first-order chi connectivity index (χ1) is 15.1. The van der Waals surface area contributed by atoms with Crippen LogP contribution in [0.3, 0.4) is 0 Å². The molecule has 0 amide bonds. The van der Waals surface area contributed by atoms with Crippen LogP contribution in [0.25, 0.3) is 22.2 Å². The van der Waals surface area contributed by atoms with Gasteiger partial charge in [-0.15, -0.1) is 0 Å². The standard InChI is InChI=1S/C24H22N4O2S/c29-31(30)15-7-14-28(31)20-11-6-8-18(16-20)17-25-24-26-22-13-5-4-12-21(22)23(27-24)19-9-2-1-3-10-19/h1-6,8-13,16H,7,14-15,17H2,(H,25,26,27). The Morgan fingerprint density at radius 3 is 2.52 bits per heavy atom. The van der Waals surface area contributed by atoms with E-state index >= 15 is 0 Å². The second-order valence-corrected chi connectivity index (χ2v) is 9.56. The quantitative estimate of drug-likeness (QED) is 0.506. The van der Waals surface area contributed by atoms with Crippen molar-refractivity contribution in [1.29, 1.82) is 0 Å². The van der Waals surface area contributed by atoms with Crippen LogP contribution in [0.5, 0.6) is 0 Å². The van der Waals surface area contributed by atoms with Crippen LogP contribution in [0, 0.1) is 0 Å². The van der Waals surface area contributed by atoms with E-state index in [0.29, 0.717) is 31.1 Å². The van der Waals surface area contributed by atoms with Gasteiger partial charge < -0.3 is 5.32 Å². The van der Waals surface area contributed by atoms with Gasteiger partial charge in [0.25, 0.3) is 0 Å². The van der Waals surface area contributed by atoms with Crippen molar-refractivity contribution >= 4 is 32.6 Å². The van der Waals surface area contributed by atoms with Gasteiger partial charge in [-0.3, -0.25) is 4.31 Å². The molecule has 1 aliphatic heterocycles. The second kappa shape index (κ2) is 8.00. The zero-order chi connectivity index (χ0) is 21.3. The molecule has 1 fully saturated rings. The van der Waals surface area contributed by atoms with E-state index in [1.165, 1.54) is 4.31 Å². The third-order valence-corrected chi connectivity index (χ3v) is 7.27. The maximum absolute atomic E-state index is 12.2. The van der Waals surface area contributed by atoms with E-state index in [-0.39, 0.29) is 5.75 Å². The Bertz CT molecular complexity index is 1340. The highest BCUT2D eigenvalue weighted by atomic mass is 32.2. The van der Waals surface area contributed by atoms with Gasteiger partial charge in [0.2, 0.25) is 16.0 Å².